The Labute approximate surface area is 104 Å². The molecule has 0 aliphatic heterocycles. The predicted molar refractivity (Wildman–Crippen MR) is 59.2 cm³/mol. The smallest absolute Gasteiger partial charge is 0.336 e. The highest BCUT2D eigenvalue weighted by molar-refractivity contribution is 9.10. The predicted octanol–water partition coefficient (Wildman–Crippen LogP) is 2.19. The molecule has 4 nitrogen and oxygen atoms in total. The van der Waals surface area contributed by atoms with Gasteiger partial charge in [0.25, 0.3) is 6.43 Å². The first-order valence-corrected chi connectivity index (χ1v) is 6.72. The van der Waals surface area contributed by atoms with Crippen LogP contribution in [0.3, 0.4) is 0 Å². The molecule has 0 aliphatic carbocycles. The van der Waals surface area contributed by atoms with Gasteiger partial charge in [0, 0.05) is 4.47 Å². The van der Waals surface area contributed by atoms with E-state index >= 15 is 0 Å². The number of benzene rings is 1. The molecule has 1 rings (SSSR count). The summed E-state index contributed by atoms with van der Waals surface area (Å²) in [6, 6.07) is 3.13. The van der Waals surface area contributed by atoms with Gasteiger partial charge in [-0.1, -0.05) is 0 Å². The second-order valence-corrected chi connectivity index (χ2v) is 6.01. The van der Waals surface area contributed by atoms with Gasteiger partial charge in [-0.3, -0.25) is 0 Å². The maximum absolute atomic E-state index is 12.0. The molecule has 0 saturated carbocycles. The molecule has 0 fully saturated rings. The lowest BCUT2D eigenvalue weighted by molar-refractivity contribution is 0.0695. The Morgan fingerprint density at radius 3 is 2.47 bits per heavy atom. The maximum Gasteiger partial charge on any atom is 0.336 e. The molecule has 0 spiro atoms. The number of carboxylic acids is 1. The van der Waals surface area contributed by atoms with Crippen molar-refractivity contribution in [1.29, 1.82) is 0 Å². The Bertz CT molecular complexity index is 542. The fourth-order valence-electron chi connectivity index (χ4n) is 1.12. The number of rotatable bonds is 4. The molecule has 0 radical (unpaired) electrons. The number of hydrogen-bond donors (Lipinski definition) is 1. The molecule has 0 bridgehead atoms. The van der Waals surface area contributed by atoms with E-state index in [2.05, 4.69) is 15.9 Å². The SMILES string of the molecule is O=C(O)c1cc(S(=O)(=O)CC(F)F)ccc1Br. The highest BCUT2D eigenvalue weighted by Gasteiger charge is 2.22. The van der Waals surface area contributed by atoms with Gasteiger partial charge in [0.15, 0.2) is 9.84 Å². The lowest BCUT2D eigenvalue weighted by Gasteiger charge is -2.06. The van der Waals surface area contributed by atoms with Gasteiger partial charge in [0.1, 0.15) is 5.75 Å². The zero-order chi connectivity index (χ0) is 13.2. The van der Waals surface area contributed by atoms with Crippen molar-refractivity contribution in [3.05, 3.63) is 28.2 Å². The minimum atomic E-state index is -4.17. The third-order valence-corrected chi connectivity index (χ3v) is 4.23. The first-order chi connectivity index (χ1) is 7.74. The second kappa shape index (κ2) is 5.09. The summed E-state index contributed by atoms with van der Waals surface area (Å²) in [6.45, 7) is 0. The molecule has 94 valence electrons. The van der Waals surface area contributed by atoms with Crippen LogP contribution < -0.4 is 0 Å². The summed E-state index contributed by atoms with van der Waals surface area (Å²) in [7, 11) is -4.17. The van der Waals surface area contributed by atoms with Crippen molar-refractivity contribution < 1.29 is 27.1 Å². The summed E-state index contributed by atoms with van der Waals surface area (Å²) in [6.07, 6.45) is -3.00. The lowest BCUT2D eigenvalue weighted by Crippen LogP contribution is -2.14. The summed E-state index contributed by atoms with van der Waals surface area (Å²) in [5.74, 6) is -2.67. The zero-order valence-electron chi connectivity index (χ0n) is 8.23. The maximum atomic E-state index is 12.0. The van der Waals surface area contributed by atoms with Crippen molar-refractivity contribution in [3.63, 3.8) is 0 Å². The number of alkyl halides is 2. The normalized spacial score (nSPS) is 11.8. The van der Waals surface area contributed by atoms with E-state index in [1.165, 1.54) is 6.07 Å². The quantitative estimate of drug-likeness (QED) is 0.919. The van der Waals surface area contributed by atoms with Crippen LogP contribution in [-0.4, -0.2) is 31.7 Å². The average Bonchev–Trinajstić information content (AvgIpc) is 2.15. The molecular weight excluding hydrogens is 322 g/mol. The van der Waals surface area contributed by atoms with Crippen LogP contribution in [0.4, 0.5) is 8.78 Å². The van der Waals surface area contributed by atoms with Crippen molar-refractivity contribution in [2.24, 2.45) is 0 Å². The lowest BCUT2D eigenvalue weighted by atomic mass is 10.2. The van der Waals surface area contributed by atoms with Crippen LogP contribution in [0.15, 0.2) is 27.6 Å². The topological polar surface area (TPSA) is 71.4 Å². The van der Waals surface area contributed by atoms with Crippen molar-refractivity contribution >= 4 is 31.7 Å². The van der Waals surface area contributed by atoms with Gasteiger partial charge in [-0.25, -0.2) is 22.0 Å². The first-order valence-electron chi connectivity index (χ1n) is 4.28. The molecule has 0 unspecified atom stereocenters. The van der Waals surface area contributed by atoms with Crippen LogP contribution in [0.2, 0.25) is 0 Å². The number of halogens is 3. The minimum Gasteiger partial charge on any atom is -0.478 e. The summed E-state index contributed by atoms with van der Waals surface area (Å²) < 4.78 is 47.2. The molecular formula is C9H7BrF2O4S. The van der Waals surface area contributed by atoms with Crippen LogP contribution >= 0.6 is 15.9 Å². The Kier molecular flexibility index (Phi) is 4.21. The minimum absolute atomic E-state index is 0.181. The third-order valence-electron chi connectivity index (χ3n) is 1.87. The van der Waals surface area contributed by atoms with Crippen LogP contribution in [0.5, 0.6) is 0 Å². The highest BCUT2D eigenvalue weighted by Crippen LogP contribution is 2.22. The van der Waals surface area contributed by atoms with E-state index < -0.39 is 32.9 Å². The van der Waals surface area contributed by atoms with E-state index in [0.717, 1.165) is 12.1 Å². The highest BCUT2D eigenvalue weighted by atomic mass is 79.9. The molecule has 1 aromatic rings. The van der Waals surface area contributed by atoms with E-state index in [1.807, 2.05) is 0 Å². The Balaban J connectivity index is 3.25. The number of sulfone groups is 1. The second-order valence-electron chi connectivity index (χ2n) is 3.12. The zero-order valence-corrected chi connectivity index (χ0v) is 10.6. The first kappa shape index (κ1) is 14.0. The Morgan fingerprint density at radius 2 is 2.00 bits per heavy atom. The van der Waals surface area contributed by atoms with E-state index in [0.29, 0.717) is 0 Å². The monoisotopic (exact) mass is 328 g/mol. The molecule has 0 aromatic heterocycles. The molecule has 0 saturated heterocycles. The molecule has 0 atom stereocenters. The van der Waals surface area contributed by atoms with Gasteiger partial charge in [0.2, 0.25) is 0 Å². The standard InChI is InChI=1S/C9H7BrF2O4S/c10-7-2-1-5(3-6(7)9(13)14)17(15,16)4-8(11)12/h1-3,8H,4H2,(H,13,14). The van der Waals surface area contributed by atoms with Crippen LogP contribution in [0.25, 0.3) is 0 Å². The van der Waals surface area contributed by atoms with E-state index in [1.54, 1.807) is 0 Å². The van der Waals surface area contributed by atoms with Gasteiger partial charge in [-0.05, 0) is 34.1 Å². The molecule has 0 heterocycles. The van der Waals surface area contributed by atoms with Crippen molar-refractivity contribution in [2.45, 2.75) is 11.3 Å². The van der Waals surface area contributed by atoms with Gasteiger partial charge >= 0.3 is 5.97 Å². The molecule has 17 heavy (non-hydrogen) atoms. The van der Waals surface area contributed by atoms with Gasteiger partial charge in [-0.2, -0.15) is 0 Å². The van der Waals surface area contributed by atoms with Crippen LogP contribution in [0.1, 0.15) is 10.4 Å². The fraction of sp³-hybridized carbons (Fsp3) is 0.222. The number of hydrogen-bond acceptors (Lipinski definition) is 3. The van der Waals surface area contributed by atoms with Crippen LogP contribution in [-0.2, 0) is 9.84 Å². The summed E-state index contributed by atoms with van der Waals surface area (Å²) in [5.41, 5.74) is -0.291. The van der Waals surface area contributed by atoms with Gasteiger partial charge in [0.05, 0.1) is 10.5 Å². The largest absolute Gasteiger partial charge is 0.478 e. The molecule has 1 aromatic carbocycles. The van der Waals surface area contributed by atoms with Crippen molar-refractivity contribution in [3.8, 4) is 0 Å². The fourth-order valence-corrected chi connectivity index (χ4v) is 2.64. The van der Waals surface area contributed by atoms with E-state index in [4.69, 9.17) is 5.11 Å². The molecule has 1 N–H and O–H groups in total. The number of aromatic carboxylic acids is 1. The van der Waals surface area contributed by atoms with Crippen molar-refractivity contribution in [2.75, 3.05) is 5.75 Å². The third kappa shape index (κ3) is 3.47. The summed E-state index contributed by atoms with van der Waals surface area (Å²) >= 11 is 2.92. The summed E-state index contributed by atoms with van der Waals surface area (Å²) in [4.78, 5) is 10.3. The van der Waals surface area contributed by atoms with Crippen LogP contribution in [0, 0.1) is 0 Å². The van der Waals surface area contributed by atoms with E-state index in [-0.39, 0.29) is 10.0 Å². The van der Waals surface area contributed by atoms with Gasteiger partial charge < -0.3 is 5.11 Å². The van der Waals surface area contributed by atoms with Gasteiger partial charge in [-0.15, -0.1) is 0 Å². The summed E-state index contributed by atoms with van der Waals surface area (Å²) in [5, 5.41) is 8.76. The average molecular weight is 329 g/mol. The molecule has 8 heteroatoms. The van der Waals surface area contributed by atoms with Crippen molar-refractivity contribution in [1.82, 2.24) is 0 Å². The Morgan fingerprint density at radius 1 is 1.41 bits per heavy atom. The Hall–Kier alpha value is -1.02. The molecule has 0 amide bonds. The number of carbonyl (C=O) groups is 1. The molecule has 0 aliphatic rings. The number of carboxylic acid groups (broad SMARTS) is 1. The van der Waals surface area contributed by atoms with E-state index in [9.17, 15) is 22.0 Å².